The van der Waals surface area contributed by atoms with Crippen molar-refractivity contribution in [3.8, 4) is 0 Å². The zero-order valence-corrected chi connectivity index (χ0v) is 21.9. The molecule has 2 saturated heterocycles. The van der Waals surface area contributed by atoms with Crippen molar-refractivity contribution in [1.29, 1.82) is 0 Å². The monoisotopic (exact) mass is 567 g/mol. The van der Waals surface area contributed by atoms with Gasteiger partial charge >= 0.3 is 0 Å². The SMILES string of the molecule is CN=C(NCc1ccc(N2CCCC2=O)cc1)NCC1CCN(Cc2cccs2)CC1.I. The minimum atomic E-state index is 0. The highest BCUT2D eigenvalue weighted by atomic mass is 127. The molecule has 32 heavy (non-hydrogen) atoms. The molecule has 4 rings (SSSR count). The summed E-state index contributed by atoms with van der Waals surface area (Å²) in [5, 5.41) is 9.07. The van der Waals surface area contributed by atoms with E-state index in [9.17, 15) is 4.79 Å². The van der Waals surface area contributed by atoms with E-state index in [0.717, 1.165) is 37.7 Å². The van der Waals surface area contributed by atoms with Crippen LogP contribution < -0.4 is 15.5 Å². The molecular formula is C24H34IN5OS. The Kier molecular flexibility index (Phi) is 9.80. The maximum atomic E-state index is 11.9. The van der Waals surface area contributed by atoms with Gasteiger partial charge in [0.1, 0.15) is 0 Å². The number of guanidine groups is 1. The van der Waals surface area contributed by atoms with Crippen molar-refractivity contribution in [2.45, 2.75) is 38.8 Å². The third kappa shape index (κ3) is 6.92. The number of anilines is 1. The number of carbonyl (C=O) groups is 1. The van der Waals surface area contributed by atoms with Gasteiger partial charge in [-0.25, -0.2) is 0 Å². The zero-order valence-electron chi connectivity index (χ0n) is 18.8. The number of nitrogens with one attached hydrogen (secondary N) is 2. The van der Waals surface area contributed by atoms with Gasteiger partial charge in [0.15, 0.2) is 5.96 Å². The molecule has 0 unspecified atom stereocenters. The van der Waals surface area contributed by atoms with Crippen LogP contribution in [0.5, 0.6) is 0 Å². The Morgan fingerprint density at radius 1 is 1.12 bits per heavy atom. The van der Waals surface area contributed by atoms with Crippen LogP contribution in [0.1, 0.15) is 36.1 Å². The van der Waals surface area contributed by atoms with Gasteiger partial charge in [-0.1, -0.05) is 18.2 Å². The number of amides is 1. The lowest BCUT2D eigenvalue weighted by molar-refractivity contribution is -0.117. The molecular weight excluding hydrogens is 533 g/mol. The second-order valence-corrected chi connectivity index (χ2v) is 9.45. The van der Waals surface area contributed by atoms with Crippen molar-refractivity contribution in [2.75, 3.05) is 38.1 Å². The molecule has 0 saturated carbocycles. The number of rotatable bonds is 7. The fourth-order valence-corrected chi connectivity index (χ4v) is 5.08. The summed E-state index contributed by atoms with van der Waals surface area (Å²) in [6, 6.07) is 12.6. The lowest BCUT2D eigenvalue weighted by Crippen LogP contribution is -2.42. The van der Waals surface area contributed by atoms with Gasteiger partial charge < -0.3 is 15.5 Å². The van der Waals surface area contributed by atoms with Gasteiger partial charge in [-0.3, -0.25) is 14.7 Å². The van der Waals surface area contributed by atoms with E-state index in [-0.39, 0.29) is 29.9 Å². The van der Waals surface area contributed by atoms with Crippen molar-refractivity contribution in [1.82, 2.24) is 15.5 Å². The van der Waals surface area contributed by atoms with Crippen LogP contribution in [0.2, 0.25) is 0 Å². The first-order valence-corrected chi connectivity index (χ1v) is 12.2. The number of hydrogen-bond acceptors (Lipinski definition) is 4. The molecule has 0 radical (unpaired) electrons. The van der Waals surface area contributed by atoms with Crippen LogP contribution in [-0.4, -0.2) is 50.0 Å². The standard InChI is InChI=1S/C24H33N5OS.HI/c1-25-24(26-16-19-6-8-21(9-7-19)29-12-2-5-23(29)30)27-17-20-10-13-28(14-11-20)18-22-4-3-15-31-22;/h3-4,6-9,15,20H,2,5,10-14,16-18H2,1H3,(H2,25,26,27);1H. The summed E-state index contributed by atoms with van der Waals surface area (Å²) in [5.41, 5.74) is 2.18. The first-order valence-electron chi connectivity index (χ1n) is 11.3. The molecule has 0 bridgehead atoms. The summed E-state index contributed by atoms with van der Waals surface area (Å²) < 4.78 is 0. The number of benzene rings is 1. The largest absolute Gasteiger partial charge is 0.356 e. The molecule has 2 aromatic rings. The normalized spacial score (nSPS) is 18.0. The highest BCUT2D eigenvalue weighted by Crippen LogP contribution is 2.22. The Morgan fingerprint density at radius 3 is 2.53 bits per heavy atom. The van der Waals surface area contributed by atoms with Crippen LogP contribution in [-0.2, 0) is 17.9 Å². The van der Waals surface area contributed by atoms with Gasteiger partial charge in [0.2, 0.25) is 5.91 Å². The van der Waals surface area contributed by atoms with E-state index in [1.807, 2.05) is 35.4 Å². The van der Waals surface area contributed by atoms with E-state index >= 15 is 0 Å². The fourth-order valence-electron chi connectivity index (χ4n) is 4.33. The molecule has 2 aliphatic heterocycles. The Bertz CT molecular complexity index is 863. The zero-order chi connectivity index (χ0) is 21.5. The molecule has 3 heterocycles. The van der Waals surface area contributed by atoms with Gasteiger partial charge in [0.05, 0.1) is 0 Å². The molecule has 174 valence electrons. The quantitative estimate of drug-likeness (QED) is 0.301. The molecule has 0 aliphatic carbocycles. The first kappa shape index (κ1) is 25.0. The lowest BCUT2D eigenvalue weighted by Gasteiger charge is -2.32. The first-order chi connectivity index (χ1) is 15.2. The van der Waals surface area contributed by atoms with Crippen molar-refractivity contribution >= 4 is 52.9 Å². The van der Waals surface area contributed by atoms with E-state index in [2.05, 4.69) is 50.2 Å². The van der Waals surface area contributed by atoms with Gasteiger partial charge in [-0.2, -0.15) is 0 Å². The maximum absolute atomic E-state index is 11.9. The van der Waals surface area contributed by atoms with Crippen molar-refractivity contribution in [3.63, 3.8) is 0 Å². The van der Waals surface area contributed by atoms with Crippen molar-refractivity contribution < 1.29 is 4.79 Å². The number of nitrogens with zero attached hydrogens (tertiary/aromatic N) is 3. The van der Waals surface area contributed by atoms with Crippen LogP contribution in [0.3, 0.4) is 0 Å². The second kappa shape index (κ2) is 12.6. The van der Waals surface area contributed by atoms with Crippen molar-refractivity contribution in [2.24, 2.45) is 10.9 Å². The summed E-state index contributed by atoms with van der Waals surface area (Å²) in [6.07, 6.45) is 4.08. The van der Waals surface area contributed by atoms with E-state index in [4.69, 9.17) is 0 Å². The summed E-state index contributed by atoms with van der Waals surface area (Å²) in [5.74, 6) is 1.77. The van der Waals surface area contributed by atoms with Gasteiger partial charge in [0.25, 0.3) is 0 Å². The summed E-state index contributed by atoms with van der Waals surface area (Å²) in [6.45, 7) is 5.94. The molecule has 0 spiro atoms. The highest BCUT2D eigenvalue weighted by molar-refractivity contribution is 14.0. The van der Waals surface area contributed by atoms with Crippen LogP contribution in [0.4, 0.5) is 5.69 Å². The minimum absolute atomic E-state index is 0. The molecule has 6 nitrogen and oxygen atoms in total. The lowest BCUT2D eigenvalue weighted by atomic mass is 9.97. The number of aliphatic imine (C=N–C) groups is 1. The highest BCUT2D eigenvalue weighted by Gasteiger charge is 2.21. The maximum Gasteiger partial charge on any atom is 0.227 e. The Morgan fingerprint density at radius 2 is 1.91 bits per heavy atom. The summed E-state index contributed by atoms with van der Waals surface area (Å²) in [7, 11) is 1.82. The Hall–Kier alpha value is -1.65. The molecule has 1 aromatic carbocycles. The molecule has 2 aliphatic rings. The third-order valence-electron chi connectivity index (χ3n) is 6.23. The molecule has 2 fully saturated rings. The van der Waals surface area contributed by atoms with E-state index in [1.54, 1.807) is 0 Å². The van der Waals surface area contributed by atoms with E-state index in [1.165, 1.54) is 36.4 Å². The summed E-state index contributed by atoms with van der Waals surface area (Å²) in [4.78, 5) is 22.2. The van der Waals surface area contributed by atoms with E-state index < -0.39 is 0 Å². The summed E-state index contributed by atoms with van der Waals surface area (Å²) >= 11 is 1.85. The number of likely N-dealkylation sites (tertiary alicyclic amines) is 1. The number of thiophene rings is 1. The minimum Gasteiger partial charge on any atom is -0.356 e. The number of hydrogen-bond donors (Lipinski definition) is 2. The molecule has 0 atom stereocenters. The van der Waals surface area contributed by atoms with Crippen LogP contribution in [0.15, 0.2) is 46.8 Å². The van der Waals surface area contributed by atoms with Crippen LogP contribution in [0, 0.1) is 5.92 Å². The average molecular weight is 568 g/mol. The number of carbonyl (C=O) groups excluding carboxylic acids is 1. The molecule has 8 heteroatoms. The molecule has 2 N–H and O–H groups in total. The van der Waals surface area contributed by atoms with Crippen LogP contribution >= 0.6 is 35.3 Å². The second-order valence-electron chi connectivity index (χ2n) is 8.42. The number of piperidine rings is 1. The van der Waals surface area contributed by atoms with Gasteiger partial charge in [0, 0.05) is 50.2 Å². The van der Waals surface area contributed by atoms with E-state index in [0.29, 0.717) is 18.9 Å². The molecule has 1 amide bonds. The fraction of sp³-hybridized carbons (Fsp3) is 0.500. The van der Waals surface area contributed by atoms with Crippen molar-refractivity contribution in [3.05, 3.63) is 52.2 Å². The predicted octanol–water partition coefficient (Wildman–Crippen LogP) is 4.07. The third-order valence-corrected chi connectivity index (χ3v) is 7.09. The Balaban J connectivity index is 0.00000289. The number of halogens is 1. The average Bonchev–Trinajstić information content (AvgIpc) is 3.47. The van der Waals surface area contributed by atoms with Gasteiger partial charge in [-0.15, -0.1) is 35.3 Å². The molecule has 1 aromatic heterocycles. The predicted molar refractivity (Wildman–Crippen MR) is 144 cm³/mol. The Labute approximate surface area is 212 Å². The van der Waals surface area contributed by atoms with Crippen LogP contribution in [0.25, 0.3) is 0 Å². The smallest absolute Gasteiger partial charge is 0.227 e. The van der Waals surface area contributed by atoms with Gasteiger partial charge in [-0.05, 0) is 67.4 Å². The topological polar surface area (TPSA) is 60.0 Å².